The van der Waals surface area contributed by atoms with Crippen molar-refractivity contribution in [3.63, 3.8) is 0 Å². The van der Waals surface area contributed by atoms with Gasteiger partial charge < -0.3 is 4.90 Å². The van der Waals surface area contributed by atoms with Crippen LogP contribution in [0.4, 0.5) is 0 Å². The number of nitrogens with one attached hydrogen (secondary N) is 1. The average molecular weight is 292 g/mol. The van der Waals surface area contributed by atoms with Crippen LogP contribution < -0.4 is 11.3 Å². The lowest BCUT2D eigenvalue weighted by molar-refractivity contribution is -0.145. The van der Waals surface area contributed by atoms with Crippen molar-refractivity contribution in [3.05, 3.63) is 20.8 Å². The zero-order valence-electron chi connectivity index (χ0n) is 7.99. The number of nitrogens with zero attached hydrogens (tertiary/aromatic N) is 1. The highest BCUT2D eigenvalue weighted by atomic mass is 79.9. The Morgan fingerprint density at radius 1 is 1.67 bits per heavy atom. The number of thiophene rings is 1. The van der Waals surface area contributed by atoms with Crippen LogP contribution >= 0.6 is 27.3 Å². The van der Waals surface area contributed by atoms with Gasteiger partial charge in [0.05, 0.1) is 3.79 Å². The molecule has 15 heavy (non-hydrogen) atoms. The van der Waals surface area contributed by atoms with E-state index in [9.17, 15) is 9.59 Å². The van der Waals surface area contributed by atoms with Crippen LogP contribution in [0.2, 0.25) is 0 Å². The van der Waals surface area contributed by atoms with Gasteiger partial charge in [0.15, 0.2) is 0 Å². The second-order valence-corrected chi connectivity index (χ2v) is 5.18. The van der Waals surface area contributed by atoms with Crippen LogP contribution in [0.1, 0.15) is 5.56 Å². The standard InChI is InChI=1S/C8H10BrN3O2S/c1-12(8(14)7(13)11-10)3-5-2-6(9)15-4-5/h2,4H,3,10H2,1H3,(H,11,13). The van der Waals surface area contributed by atoms with Gasteiger partial charge in [0, 0.05) is 13.6 Å². The molecule has 1 rings (SSSR count). The SMILES string of the molecule is CN(Cc1csc(Br)c1)C(=O)C(=O)NN. The van der Waals surface area contributed by atoms with Crippen LogP contribution in [0.25, 0.3) is 0 Å². The van der Waals surface area contributed by atoms with E-state index >= 15 is 0 Å². The molecule has 0 aliphatic rings. The number of amides is 2. The minimum Gasteiger partial charge on any atom is -0.333 e. The van der Waals surface area contributed by atoms with E-state index in [0.29, 0.717) is 6.54 Å². The molecule has 0 atom stereocenters. The Kier molecular flexibility index (Phi) is 4.25. The number of hydrogen-bond donors (Lipinski definition) is 2. The van der Waals surface area contributed by atoms with Crippen molar-refractivity contribution in [1.29, 1.82) is 0 Å². The van der Waals surface area contributed by atoms with Crippen LogP contribution in [0.15, 0.2) is 15.2 Å². The zero-order valence-corrected chi connectivity index (χ0v) is 10.4. The number of carbonyl (C=O) groups is 2. The molecular weight excluding hydrogens is 282 g/mol. The Balaban J connectivity index is 2.59. The molecule has 0 saturated heterocycles. The number of halogens is 1. The van der Waals surface area contributed by atoms with E-state index in [4.69, 9.17) is 5.84 Å². The number of likely N-dealkylation sites (N-methyl/N-ethyl adjacent to an activating group) is 1. The molecule has 7 heteroatoms. The number of nitrogens with two attached hydrogens (primary N) is 1. The fourth-order valence-electron chi connectivity index (χ4n) is 1.01. The molecule has 0 spiro atoms. The quantitative estimate of drug-likeness (QED) is 0.360. The maximum absolute atomic E-state index is 11.3. The molecule has 0 bridgehead atoms. The normalized spacial score (nSPS) is 9.80. The monoisotopic (exact) mass is 291 g/mol. The number of carbonyl (C=O) groups excluding carboxylic acids is 2. The minimum absolute atomic E-state index is 0.383. The summed E-state index contributed by atoms with van der Waals surface area (Å²) in [6.45, 7) is 0.383. The van der Waals surface area contributed by atoms with Crippen molar-refractivity contribution in [3.8, 4) is 0 Å². The first-order valence-corrected chi connectivity index (χ1v) is 5.71. The van der Waals surface area contributed by atoms with Crippen molar-refractivity contribution in [2.45, 2.75) is 6.54 Å². The molecule has 0 radical (unpaired) electrons. The van der Waals surface area contributed by atoms with Crippen LogP contribution in [0, 0.1) is 0 Å². The molecule has 0 aliphatic carbocycles. The van der Waals surface area contributed by atoms with Crippen molar-refractivity contribution in [2.75, 3.05) is 7.05 Å². The third-order valence-electron chi connectivity index (χ3n) is 1.71. The molecule has 3 N–H and O–H groups in total. The van der Waals surface area contributed by atoms with Crippen LogP contribution in [-0.4, -0.2) is 23.8 Å². The van der Waals surface area contributed by atoms with E-state index in [1.54, 1.807) is 12.5 Å². The van der Waals surface area contributed by atoms with Crippen LogP contribution in [-0.2, 0) is 16.1 Å². The Bertz CT molecular complexity index is 380. The summed E-state index contributed by atoms with van der Waals surface area (Å²) in [6, 6.07) is 1.90. The van der Waals surface area contributed by atoms with E-state index < -0.39 is 11.8 Å². The van der Waals surface area contributed by atoms with Gasteiger partial charge in [-0.15, -0.1) is 11.3 Å². The highest BCUT2D eigenvalue weighted by Gasteiger charge is 2.17. The fourth-order valence-corrected chi connectivity index (χ4v) is 2.21. The van der Waals surface area contributed by atoms with Crippen molar-refractivity contribution >= 4 is 39.1 Å². The van der Waals surface area contributed by atoms with Crippen molar-refractivity contribution in [1.82, 2.24) is 10.3 Å². The highest BCUT2D eigenvalue weighted by Crippen LogP contribution is 2.21. The molecule has 5 nitrogen and oxygen atoms in total. The van der Waals surface area contributed by atoms with E-state index in [1.807, 2.05) is 11.4 Å². The van der Waals surface area contributed by atoms with Crippen LogP contribution in [0.3, 0.4) is 0 Å². The van der Waals surface area contributed by atoms with Gasteiger partial charge >= 0.3 is 11.8 Å². The van der Waals surface area contributed by atoms with E-state index in [2.05, 4.69) is 15.9 Å². The number of rotatable bonds is 2. The first-order chi connectivity index (χ1) is 7.04. The summed E-state index contributed by atoms with van der Waals surface area (Å²) in [5.74, 6) is 3.39. The predicted molar refractivity (Wildman–Crippen MR) is 60.8 cm³/mol. The van der Waals surface area contributed by atoms with Gasteiger partial charge in [-0.2, -0.15) is 0 Å². The van der Waals surface area contributed by atoms with E-state index in [-0.39, 0.29) is 0 Å². The fraction of sp³-hybridized carbons (Fsp3) is 0.250. The molecule has 0 aliphatic heterocycles. The molecule has 0 fully saturated rings. The largest absolute Gasteiger partial charge is 0.333 e. The molecule has 0 unspecified atom stereocenters. The second-order valence-electron chi connectivity index (χ2n) is 2.89. The summed E-state index contributed by atoms with van der Waals surface area (Å²) in [7, 11) is 1.54. The maximum atomic E-state index is 11.3. The van der Waals surface area contributed by atoms with E-state index in [0.717, 1.165) is 9.35 Å². The molecule has 1 aromatic rings. The smallest absolute Gasteiger partial charge is 0.323 e. The second kappa shape index (κ2) is 5.24. The molecular formula is C8H10BrN3O2S. The third kappa shape index (κ3) is 3.29. The number of hydrazine groups is 1. The van der Waals surface area contributed by atoms with Gasteiger partial charge in [0.1, 0.15) is 0 Å². The van der Waals surface area contributed by atoms with Gasteiger partial charge in [-0.05, 0) is 32.9 Å². The van der Waals surface area contributed by atoms with Gasteiger partial charge in [-0.1, -0.05) is 0 Å². The molecule has 0 saturated carbocycles. The molecule has 82 valence electrons. The zero-order chi connectivity index (χ0) is 11.4. The van der Waals surface area contributed by atoms with Crippen molar-refractivity contribution < 1.29 is 9.59 Å². The summed E-state index contributed by atoms with van der Waals surface area (Å²) in [4.78, 5) is 23.5. The summed E-state index contributed by atoms with van der Waals surface area (Å²) < 4.78 is 0.988. The summed E-state index contributed by atoms with van der Waals surface area (Å²) in [6.07, 6.45) is 0. The summed E-state index contributed by atoms with van der Waals surface area (Å²) in [5, 5.41) is 1.91. The predicted octanol–water partition coefficient (Wildman–Crippen LogP) is 0.459. The molecule has 1 heterocycles. The molecule has 1 aromatic heterocycles. The maximum Gasteiger partial charge on any atom is 0.323 e. The first-order valence-electron chi connectivity index (χ1n) is 4.03. The summed E-state index contributed by atoms with van der Waals surface area (Å²) in [5.41, 5.74) is 2.77. The topological polar surface area (TPSA) is 75.4 Å². The Morgan fingerprint density at radius 3 is 2.80 bits per heavy atom. The van der Waals surface area contributed by atoms with Crippen LogP contribution in [0.5, 0.6) is 0 Å². The average Bonchev–Trinajstić information content (AvgIpc) is 2.61. The Hall–Kier alpha value is -0.920. The lowest BCUT2D eigenvalue weighted by Gasteiger charge is -2.14. The lowest BCUT2D eigenvalue weighted by Crippen LogP contribution is -2.43. The molecule has 2 amide bonds. The third-order valence-corrected chi connectivity index (χ3v) is 3.27. The van der Waals surface area contributed by atoms with E-state index in [1.165, 1.54) is 16.2 Å². The minimum atomic E-state index is -0.813. The first kappa shape index (κ1) is 12.2. The lowest BCUT2D eigenvalue weighted by atomic mass is 10.3. The number of hydrogen-bond acceptors (Lipinski definition) is 4. The van der Waals surface area contributed by atoms with Gasteiger partial charge in [-0.3, -0.25) is 15.0 Å². The Morgan fingerprint density at radius 2 is 2.33 bits per heavy atom. The van der Waals surface area contributed by atoms with Gasteiger partial charge in [0.25, 0.3) is 0 Å². The van der Waals surface area contributed by atoms with Gasteiger partial charge in [-0.25, -0.2) is 5.84 Å². The highest BCUT2D eigenvalue weighted by molar-refractivity contribution is 9.11. The van der Waals surface area contributed by atoms with Gasteiger partial charge in [0.2, 0.25) is 0 Å². The summed E-state index contributed by atoms with van der Waals surface area (Å²) >= 11 is 4.84. The Labute approximate surface area is 99.3 Å². The molecule has 0 aromatic carbocycles. The van der Waals surface area contributed by atoms with Crippen molar-refractivity contribution in [2.24, 2.45) is 5.84 Å².